The van der Waals surface area contributed by atoms with Gasteiger partial charge in [0.2, 0.25) is 10.0 Å². The lowest BCUT2D eigenvalue weighted by Crippen LogP contribution is -2.33. The lowest BCUT2D eigenvalue weighted by atomic mass is 10.2. The number of halogens is 3. The van der Waals surface area contributed by atoms with E-state index < -0.39 is 15.9 Å². The van der Waals surface area contributed by atoms with Crippen molar-refractivity contribution in [1.29, 1.82) is 0 Å². The molecule has 0 aliphatic heterocycles. The molecule has 0 radical (unpaired) electrons. The maximum Gasteiger partial charge on any atom is 0.269 e. The van der Waals surface area contributed by atoms with E-state index in [0.29, 0.717) is 5.02 Å². The SMILES string of the molecule is O=C(NNc1c(Cl)cc(Cl)cc1Cl)c1cccc(S(=O)(=O)NC2CCCC2)c1. The van der Waals surface area contributed by atoms with Crippen LogP contribution in [-0.4, -0.2) is 20.4 Å². The summed E-state index contributed by atoms with van der Waals surface area (Å²) in [7, 11) is -3.69. The van der Waals surface area contributed by atoms with Crippen molar-refractivity contribution in [3.63, 3.8) is 0 Å². The predicted octanol–water partition coefficient (Wildman–Crippen LogP) is 4.62. The molecule has 10 heteroatoms. The van der Waals surface area contributed by atoms with Crippen molar-refractivity contribution in [2.24, 2.45) is 0 Å². The Hall–Kier alpha value is -1.51. The summed E-state index contributed by atoms with van der Waals surface area (Å²) < 4.78 is 27.8. The molecular weight excluding hydrogens is 445 g/mol. The van der Waals surface area contributed by atoms with E-state index in [1.807, 2.05) is 0 Å². The molecule has 1 saturated carbocycles. The number of rotatable bonds is 6. The molecule has 1 aliphatic carbocycles. The summed E-state index contributed by atoms with van der Waals surface area (Å²) >= 11 is 18.0. The first-order valence-electron chi connectivity index (χ1n) is 8.59. The molecule has 28 heavy (non-hydrogen) atoms. The van der Waals surface area contributed by atoms with Crippen LogP contribution in [0.2, 0.25) is 15.1 Å². The zero-order valence-corrected chi connectivity index (χ0v) is 17.7. The zero-order chi connectivity index (χ0) is 20.3. The van der Waals surface area contributed by atoms with Crippen LogP contribution in [0.1, 0.15) is 36.0 Å². The highest BCUT2D eigenvalue weighted by atomic mass is 35.5. The van der Waals surface area contributed by atoms with E-state index in [-0.39, 0.29) is 32.2 Å². The number of carbonyl (C=O) groups is 1. The van der Waals surface area contributed by atoms with Crippen LogP contribution in [-0.2, 0) is 10.0 Å². The minimum Gasteiger partial charge on any atom is -0.295 e. The van der Waals surface area contributed by atoms with Crippen molar-refractivity contribution in [3.8, 4) is 0 Å². The molecule has 0 saturated heterocycles. The third-order valence-electron chi connectivity index (χ3n) is 4.39. The van der Waals surface area contributed by atoms with Crippen LogP contribution in [0.15, 0.2) is 41.3 Å². The van der Waals surface area contributed by atoms with Gasteiger partial charge in [-0.05, 0) is 43.2 Å². The molecule has 2 aromatic rings. The Labute approximate surface area is 178 Å². The predicted molar refractivity (Wildman–Crippen MR) is 112 cm³/mol. The molecule has 6 nitrogen and oxygen atoms in total. The van der Waals surface area contributed by atoms with Crippen molar-refractivity contribution in [2.75, 3.05) is 5.43 Å². The first-order chi connectivity index (χ1) is 13.3. The molecule has 0 heterocycles. The lowest BCUT2D eigenvalue weighted by Gasteiger charge is -2.14. The maximum absolute atomic E-state index is 12.6. The van der Waals surface area contributed by atoms with Crippen molar-refractivity contribution in [1.82, 2.24) is 10.1 Å². The van der Waals surface area contributed by atoms with Crippen LogP contribution in [0.3, 0.4) is 0 Å². The van der Waals surface area contributed by atoms with E-state index in [2.05, 4.69) is 15.6 Å². The lowest BCUT2D eigenvalue weighted by molar-refractivity contribution is 0.0962. The number of carbonyl (C=O) groups excluding carboxylic acids is 1. The molecule has 0 unspecified atom stereocenters. The van der Waals surface area contributed by atoms with E-state index in [1.54, 1.807) is 0 Å². The molecular formula is C18H18Cl3N3O3S. The van der Waals surface area contributed by atoms with Crippen molar-refractivity contribution in [2.45, 2.75) is 36.6 Å². The quantitative estimate of drug-likeness (QED) is 0.546. The molecule has 0 atom stereocenters. The molecule has 2 aromatic carbocycles. The van der Waals surface area contributed by atoms with Crippen LogP contribution in [0.5, 0.6) is 0 Å². The van der Waals surface area contributed by atoms with E-state index in [1.165, 1.54) is 36.4 Å². The zero-order valence-electron chi connectivity index (χ0n) is 14.6. The Morgan fingerprint density at radius 1 is 1.00 bits per heavy atom. The minimum atomic E-state index is -3.69. The number of anilines is 1. The maximum atomic E-state index is 12.6. The standard InChI is InChI=1S/C18H18Cl3N3O3S/c19-12-9-15(20)17(16(21)10-12)22-23-18(25)11-4-3-7-14(8-11)28(26,27)24-13-5-1-2-6-13/h3-4,7-10,13,22,24H,1-2,5-6H2,(H,23,25). The highest BCUT2D eigenvalue weighted by Gasteiger charge is 2.23. The number of nitrogens with one attached hydrogen (secondary N) is 3. The molecule has 0 aromatic heterocycles. The van der Waals surface area contributed by atoms with E-state index >= 15 is 0 Å². The Morgan fingerprint density at radius 3 is 2.29 bits per heavy atom. The second kappa shape index (κ2) is 8.88. The normalized spacial score (nSPS) is 14.8. The minimum absolute atomic E-state index is 0.0367. The van der Waals surface area contributed by atoms with Gasteiger partial charge in [0.15, 0.2) is 0 Å². The Morgan fingerprint density at radius 2 is 1.64 bits per heavy atom. The van der Waals surface area contributed by atoms with Crippen LogP contribution in [0.4, 0.5) is 5.69 Å². The van der Waals surface area contributed by atoms with Gasteiger partial charge in [0.25, 0.3) is 5.91 Å². The number of amides is 1. The fraction of sp³-hybridized carbons (Fsp3) is 0.278. The Balaban J connectivity index is 1.72. The summed E-state index contributed by atoms with van der Waals surface area (Å²) in [5.74, 6) is -0.542. The number of hydrazine groups is 1. The first-order valence-corrected chi connectivity index (χ1v) is 11.2. The molecule has 0 bridgehead atoms. The Kier molecular flexibility index (Phi) is 6.73. The first kappa shape index (κ1) is 21.2. The van der Waals surface area contributed by atoms with Crippen molar-refractivity contribution >= 4 is 56.4 Å². The fourth-order valence-corrected chi connectivity index (χ4v) is 5.25. The number of benzene rings is 2. The molecule has 150 valence electrons. The number of hydrogen-bond acceptors (Lipinski definition) is 4. The van der Waals surface area contributed by atoms with Gasteiger partial charge in [-0.3, -0.25) is 15.6 Å². The largest absolute Gasteiger partial charge is 0.295 e. The molecule has 1 aliphatic rings. The van der Waals surface area contributed by atoms with Gasteiger partial charge in [-0.25, -0.2) is 13.1 Å². The topological polar surface area (TPSA) is 87.3 Å². The van der Waals surface area contributed by atoms with E-state index in [0.717, 1.165) is 25.7 Å². The summed E-state index contributed by atoms with van der Waals surface area (Å²) in [6.45, 7) is 0. The van der Waals surface area contributed by atoms with Gasteiger partial charge < -0.3 is 0 Å². The van der Waals surface area contributed by atoms with Gasteiger partial charge >= 0.3 is 0 Å². The van der Waals surface area contributed by atoms with E-state index in [4.69, 9.17) is 34.8 Å². The fourth-order valence-electron chi connectivity index (χ4n) is 2.99. The van der Waals surface area contributed by atoms with Gasteiger partial charge in [-0.1, -0.05) is 53.7 Å². The van der Waals surface area contributed by atoms with Gasteiger partial charge in [0, 0.05) is 16.6 Å². The number of hydrogen-bond donors (Lipinski definition) is 3. The molecule has 3 rings (SSSR count). The van der Waals surface area contributed by atoms with Crippen LogP contribution in [0.25, 0.3) is 0 Å². The van der Waals surface area contributed by atoms with Gasteiger partial charge in [-0.2, -0.15) is 0 Å². The molecule has 1 fully saturated rings. The van der Waals surface area contributed by atoms with Gasteiger partial charge in [-0.15, -0.1) is 0 Å². The highest BCUT2D eigenvalue weighted by Crippen LogP contribution is 2.33. The van der Waals surface area contributed by atoms with Crippen LogP contribution < -0.4 is 15.6 Å². The van der Waals surface area contributed by atoms with Crippen LogP contribution in [0, 0.1) is 0 Å². The summed E-state index contributed by atoms with van der Waals surface area (Å²) in [4.78, 5) is 12.5. The average molecular weight is 463 g/mol. The second-order valence-electron chi connectivity index (χ2n) is 6.45. The van der Waals surface area contributed by atoms with Gasteiger partial charge in [0.05, 0.1) is 20.6 Å². The van der Waals surface area contributed by atoms with Gasteiger partial charge in [0.1, 0.15) is 0 Å². The third kappa shape index (κ3) is 5.10. The molecule has 3 N–H and O–H groups in total. The summed E-state index contributed by atoms with van der Waals surface area (Å²) in [5, 5.41) is 0.823. The molecule has 1 amide bonds. The monoisotopic (exact) mass is 461 g/mol. The smallest absolute Gasteiger partial charge is 0.269 e. The third-order valence-corrected chi connectivity index (χ3v) is 6.72. The number of sulfonamides is 1. The highest BCUT2D eigenvalue weighted by molar-refractivity contribution is 7.89. The van der Waals surface area contributed by atoms with Crippen molar-refractivity contribution in [3.05, 3.63) is 57.0 Å². The van der Waals surface area contributed by atoms with Crippen molar-refractivity contribution < 1.29 is 13.2 Å². The molecule has 0 spiro atoms. The van der Waals surface area contributed by atoms with E-state index in [9.17, 15) is 13.2 Å². The summed E-state index contributed by atoms with van der Waals surface area (Å²) in [6.07, 6.45) is 3.67. The second-order valence-corrected chi connectivity index (χ2v) is 9.42. The average Bonchev–Trinajstić information content (AvgIpc) is 3.13. The van der Waals surface area contributed by atoms with Crippen LogP contribution >= 0.6 is 34.8 Å². The summed E-state index contributed by atoms with van der Waals surface area (Å²) in [5.41, 5.74) is 5.54. The Bertz CT molecular complexity index is 970. The summed E-state index contributed by atoms with van der Waals surface area (Å²) in [6, 6.07) is 8.69.